The molecule has 0 unspecified atom stereocenters. The normalized spacial score (nSPS) is 9.89. The van der Waals surface area contributed by atoms with Crippen molar-refractivity contribution in [1.29, 1.82) is 0 Å². The van der Waals surface area contributed by atoms with E-state index in [-0.39, 0.29) is 5.91 Å². The van der Waals surface area contributed by atoms with Gasteiger partial charge in [0.05, 0.1) is 7.11 Å². The van der Waals surface area contributed by atoms with Crippen molar-refractivity contribution in [3.05, 3.63) is 58.6 Å². The van der Waals surface area contributed by atoms with Crippen LogP contribution in [0.4, 0.5) is 5.69 Å². The van der Waals surface area contributed by atoms with Crippen LogP contribution in [0.5, 0.6) is 5.75 Å². The van der Waals surface area contributed by atoms with Gasteiger partial charge in [-0.3, -0.25) is 4.79 Å². The third-order valence-corrected chi connectivity index (χ3v) is 2.96. The summed E-state index contributed by atoms with van der Waals surface area (Å²) >= 11 is 3.33. The Morgan fingerprint density at radius 1 is 1.17 bits per heavy atom. The van der Waals surface area contributed by atoms with E-state index in [1.807, 2.05) is 30.3 Å². The SMILES string of the molecule is COc1cccc(NC(=O)c2ccc(Br)cc2)c1. The number of nitrogens with one attached hydrogen (secondary N) is 1. The number of halogens is 1. The highest BCUT2D eigenvalue weighted by Gasteiger charge is 2.06. The van der Waals surface area contributed by atoms with Crippen molar-refractivity contribution in [2.45, 2.75) is 0 Å². The molecular formula is C14H12BrNO2. The summed E-state index contributed by atoms with van der Waals surface area (Å²) in [7, 11) is 1.59. The van der Waals surface area contributed by atoms with Crippen LogP contribution in [0.25, 0.3) is 0 Å². The zero-order valence-electron chi connectivity index (χ0n) is 9.81. The average Bonchev–Trinajstić information content (AvgIpc) is 2.39. The molecule has 1 amide bonds. The number of hydrogen-bond donors (Lipinski definition) is 1. The topological polar surface area (TPSA) is 38.3 Å². The molecule has 0 radical (unpaired) electrons. The van der Waals surface area contributed by atoms with Crippen molar-refractivity contribution in [3.63, 3.8) is 0 Å². The Morgan fingerprint density at radius 3 is 2.56 bits per heavy atom. The van der Waals surface area contributed by atoms with Gasteiger partial charge in [0.15, 0.2) is 0 Å². The van der Waals surface area contributed by atoms with E-state index in [1.165, 1.54) is 0 Å². The monoisotopic (exact) mass is 305 g/mol. The Bertz CT molecular complexity index is 552. The Kier molecular flexibility index (Phi) is 3.99. The lowest BCUT2D eigenvalue weighted by atomic mass is 10.2. The number of benzene rings is 2. The van der Waals surface area contributed by atoms with E-state index in [0.717, 1.165) is 4.47 Å². The third kappa shape index (κ3) is 3.11. The highest BCUT2D eigenvalue weighted by Crippen LogP contribution is 2.18. The van der Waals surface area contributed by atoms with Crippen LogP contribution in [0.1, 0.15) is 10.4 Å². The van der Waals surface area contributed by atoms with Gasteiger partial charge in [0.1, 0.15) is 5.75 Å². The summed E-state index contributed by atoms with van der Waals surface area (Å²) in [5, 5.41) is 2.82. The van der Waals surface area contributed by atoms with Crippen LogP contribution < -0.4 is 10.1 Å². The van der Waals surface area contributed by atoms with Crippen LogP contribution in [0.15, 0.2) is 53.0 Å². The first kappa shape index (κ1) is 12.6. The van der Waals surface area contributed by atoms with Gasteiger partial charge in [0.25, 0.3) is 5.91 Å². The lowest BCUT2D eigenvalue weighted by molar-refractivity contribution is 0.102. The molecule has 0 fully saturated rings. The van der Waals surface area contributed by atoms with Crippen molar-refractivity contribution < 1.29 is 9.53 Å². The van der Waals surface area contributed by atoms with Gasteiger partial charge in [-0.15, -0.1) is 0 Å². The molecule has 0 saturated carbocycles. The lowest BCUT2D eigenvalue weighted by Gasteiger charge is -2.07. The number of rotatable bonds is 3. The molecular weight excluding hydrogens is 294 g/mol. The molecule has 0 bridgehead atoms. The Hall–Kier alpha value is -1.81. The minimum atomic E-state index is -0.143. The molecule has 0 saturated heterocycles. The van der Waals surface area contributed by atoms with Crippen LogP contribution in [0.3, 0.4) is 0 Å². The molecule has 0 heterocycles. The molecule has 92 valence electrons. The van der Waals surface area contributed by atoms with E-state index in [2.05, 4.69) is 21.2 Å². The fourth-order valence-electron chi connectivity index (χ4n) is 1.51. The van der Waals surface area contributed by atoms with E-state index >= 15 is 0 Å². The second-order valence-electron chi connectivity index (χ2n) is 3.69. The fraction of sp³-hybridized carbons (Fsp3) is 0.0714. The van der Waals surface area contributed by atoms with Gasteiger partial charge in [-0.05, 0) is 36.4 Å². The number of ether oxygens (including phenoxy) is 1. The first-order valence-corrected chi connectivity index (χ1v) is 6.19. The Morgan fingerprint density at radius 2 is 1.89 bits per heavy atom. The number of carbonyl (C=O) groups excluding carboxylic acids is 1. The van der Waals surface area contributed by atoms with Gasteiger partial charge in [-0.25, -0.2) is 0 Å². The summed E-state index contributed by atoms with van der Waals surface area (Å²) < 4.78 is 6.05. The summed E-state index contributed by atoms with van der Waals surface area (Å²) in [4.78, 5) is 12.0. The summed E-state index contributed by atoms with van der Waals surface area (Å²) in [6.45, 7) is 0. The summed E-state index contributed by atoms with van der Waals surface area (Å²) in [5.74, 6) is 0.569. The molecule has 0 aliphatic rings. The molecule has 2 aromatic rings. The molecule has 0 aliphatic heterocycles. The number of hydrogen-bond acceptors (Lipinski definition) is 2. The Balaban J connectivity index is 2.13. The summed E-state index contributed by atoms with van der Waals surface area (Å²) in [5.41, 5.74) is 1.32. The predicted octanol–water partition coefficient (Wildman–Crippen LogP) is 3.71. The van der Waals surface area contributed by atoms with Crippen molar-refractivity contribution in [3.8, 4) is 5.75 Å². The molecule has 3 nitrogen and oxygen atoms in total. The van der Waals surface area contributed by atoms with Gasteiger partial charge in [-0.2, -0.15) is 0 Å². The number of amides is 1. The predicted molar refractivity (Wildman–Crippen MR) is 75.1 cm³/mol. The molecule has 2 rings (SSSR count). The number of carbonyl (C=O) groups is 1. The van der Waals surface area contributed by atoms with Crippen molar-refractivity contribution in [2.75, 3.05) is 12.4 Å². The maximum Gasteiger partial charge on any atom is 0.255 e. The Labute approximate surface area is 114 Å². The van der Waals surface area contributed by atoms with E-state index in [1.54, 1.807) is 25.3 Å². The van der Waals surface area contributed by atoms with Crippen LogP contribution >= 0.6 is 15.9 Å². The van der Waals surface area contributed by atoms with Crippen molar-refractivity contribution >= 4 is 27.5 Å². The molecule has 0 atom stereocenters. The van der Waals surface area contributed by atoms with Gasteiger partial charge >= 0.3 is 0 Å². The minimum absolute atomic E-state index is 0.143. The highest BCUT2D eigenvalue weighted by molar-refractivity contribution is 9.10. The fourth-order valence-corrected chi connectivity index (χ4v) is 1.77. The smallest absolute Gasteiger partial charge is 0.255 e. The molecule has 18 heavy (non-hydrogen) atoms. The van der Waals surface area contributed by atoms with E-state index in [0.29, 0.717) is 17.0 Å². The average molecular weight is 306 g/mol. The molecule has 1 N–H and O–H groups in total. The number of methoxy groups -OCH3 is 1. The molecule has 4 heteroatoms. The van der Waals surface area contributed by atoms with Crippen LogP contribution in [-0.2, 0) is 0 Å². The zero-order chi connectivity index (χ0) is 13.0. The molecule has 2 aromatic carbocycles. The quantitative estimate of drug-likeness (QED) is 0.939. The van der Waals surface area contributed by atoms with Gasteiger partial charge < -0.3 is 10.1 Å². The second kappa shape index (κ2) is 5.69. The minimum Gasteiger partial charge on any atom is -0.497 e. The molecule has 0 spiro atoms. The van der Waals surface area contributed by atoms with Crippen molar-refractivity contribution in [2.24, 2.45) is 0 Å². The zero-order valence-corrected chi connectivity index (χ0v) is 11.4. The first-order chi connectivity index (χ1) is 8.69. The maximum atomic E-state index is 12.0. The van der Waals surface area contributed by atoms with E-state index in [4.69, 9.17) is 4.74 Å². The summed E-state index contributed by atoms with van der Waals surface area (Å²) in [6.07, 6.45) is 0. The molecule has 0 aliphatic carbocycles. The third-order valence-electron chi connectivity index (χ3n) is 2.43. The number of anilines is 1. The lowest BCUT2D eigenvalue weighted by Crippen LogP contribution is -2.11. The first-order valence-electron chi connectivity index (χ1n) is 5.40. The van der Waals surface area contributed by atoms with E-state index in [9.17, 15) is 4.79 Å². The van der Waals surface area contributed by atoms with Gasteiger partial charge in [-0.1, -0.05) is 22.0 Å². The van der Waals surface area contributed by atoms with Crippen molar-refractivity contribution in [1.82, 2.24) is 0 Å². The highest BCUT2D eigenvalue weighted by atomic mass is 79.9. The maximum absolute atomic E-state index is 12.0. The van der Waals surface area contributed by atoms with Crippen LogP contribution in [0.2, 0.25) is 0 Å². The van der Waals surface area contributed by atoms with Gasteiger partial charge in [0, 0.05) is 21.8 Å². The van der Waals surface area contributed by atoms with Crippen LogP contribution in [0, 0.1) is 0 Å². The molecule has 0 aromatic heterocycles. The van der Waals surface area contributed by atoms with Gasteiger partial charge in [0.2, 0.25) is 0 Å². The summed E-state index contributed by atoms with van der Waals surface area (Å²) in [6, 6.07) is 14.4. The largest absolute Gasteiger partial charge is 0.497 e. The second-order valence-corrected chi connectivity index (χ2v) is 4.61. The van der Waals surface area contributed by atoms with Crippen LogP contribution in [-0.4, -0.2) is 13.0 Å². The standard InChI is InChI=1S/C14H12BrNO2/c1-18-13-4-2-3-12(9-13)16-14(17)10-5-7-11(15)8-6-10/h2-9H,1H3,(H,16,17). The van der Waals surface area contributed by atoms with E-state index < -0.39 is 0 Å².